The van der Waals surface area contributed by atoms with Crippen LogP contribution in [0.1, 0.15) is 30.6 Å². The summed E-state index contributed by atoms with van der Waals surface area (Å²) in [5.74, 6) is 0.208. The smallest absolute Gasteiger partial charge is 0.341 e. The lowest BCUT2D eigenvalue weighted by atomic mass is 10.0. The molecular formula is C13H18N2O3. The molecule has 1 fully saturated rings. The van der Waals surface area contributed by atoms with E-state index in [-0.39, 0.29) is 11.5 Å². The SMILES string of the molecule is CCOC(=O)c1cccnc1NC1(C)CCOC1. The molecule has 1 saturated heterocycles. The van der Waals surface area contributed by atoms with Gasteiger partial charge in [-0.05, 0) is 32.4 Å². The summed E-state index contributed by atoms with van der Waals surface area (Å²) in [6.45, 7) is 5.54. The second-order valence-corrected chi connectivity index (χ2v) is 4.61. The van der Waals surface area contributed by atoms with Crippen molar-refractivity contribution in [1.29, 1.82) is 0 Å². The maximum atomic E-state index is 11.8. The number of hydrogen-bond donors (Lipinski definition) is 1. The summed E-state index contributed by atoms with van der Waals surface area (Å²) >= 11 is 0. The van der Waals surface area contributed by atoms with Gasteiger partial charge in [-0.15, -0.1) is 0 Å². The Hall–Kier alpha value is -1.62. The fraction of sp³-hybridized carbons (Fsp3) is 0.538. The summed E-state index contributed by atoms with van der Waals surface area (Å²) < 4.78 is 10.4. The van der Waals surface area contributed by atoms with Crippen LogP contribution < -0.4 is 5.32 Å². The van der Waals surface area contributed by atoms with Crippen molar-refractivity contribution in [2.45, 2.75) is 25.8 Å². The standard InChI is InChI=1S/C13H18N2O3/c1-3-18-12(16)10-5-4-7-14-11(10)15-13(2)6-8-17-9-13/h4-5,7H,3,6,8-9H2,1-2H3,(H,14,15). The lowest BCUT2D eigenvalue weighted by Crippen LogP contribution is -2.36. The molecule has 18 heavy (non-hydrogen) atoms. The van der Waals surface area contributed by atoms with Crippen molar-refractivity contribution >= 4 is 11.8 Å². The highest BCUT2D eigenvalue weighted by atomic mass is 16.5. The molecule has 0 saturated carbocycles. The molecule has 0 aliphatic carbocycles. The third-order valence-electron chi connectivity index (χ3n) is 2.94. The van der Waals surface area contributed by atoms with Gasteiger partial charge in [0.25, 0.3) is 0 Å². The van der Waals surface area contributed by atoms with Gasteiger partial charge < -0.3 is 14.8 Å². The molecule has 2 heterocycles. The van der Waals surface area contributed by atoms with Crippen molar-refractivity contribution in [3.63, 3.8) is 0 Å². The first-order chi connectivity index (χ1) is 8.64. The fourth-order valence-corrected chi connectivity index (χ4v) is 1.93. The zero-order valence-corrected chi connectivity index (χ0v) is 10.7. The minimum absolute atomic E-state index is 0.171. The van der Waals surface area contributed by atoms with Crippen LogP contribution in [-0.2, 0) is 9.47 Å². The summed E-state index contributed by atoms with van der Waals surface area (Å²) in [4.78, 5) is 16.0. The molecule has 1 aliphatic heterocycles. The number of hydrogen-bond acceptors (Lipinski definition) is 5. The molecule has 2 rings (SSSR count). The number of rotatable bonds is 4. The van der Waals surface area contributed by atoms with Crippen LogP contribution in [0.2, 0.25) is 0 Å². The third kappa shape index (κ3) is 2.79. The number of nitrogens with zero attached hydrogens (tertiary/aromatic N) is 1. The van der Waals surface area contributed by atoms with E-state index in [0.717, 1.165) is 13.0 Å². The van der Waals surface area contributed by atoms with E-state index in [1.165, 1.54) is 0 Å². The second-order valence-electron chi connectivity index (χ2n) is 4.61. The largest absolute Gasteiger partial charge is 0.462 e. The Bertz CT molecular complexity index is 428. The highest BCUT2D eigenvalue weighted by molar-refractivity contribution is 5.94. The highest BCUT2D eigenvalue weighted by Gasteiger charge is 2.31. The predicted octanol–water partition coefficient (Wildman–Crippen LogP) is 1.85. The molecule has 0 spiro atoms. The maximum absolute atomic E-state index is 11.8. The van der Waals surface area contributed by atoms with Crippen LogP contribution >= 0.6 is 0 Å². The van der Waals surface area contributed by atoms with E-state index in [0.29, 0.717) is 24.6 Å². The van der Waals surface area contributed by atoms with Gasteiger partial charge in [-0.1, -0.05) is 0 Å². The van der Waals surface area contributed by atoms with E-state index in [4.69, 9.17) is 9.47 Å². The van der Waals surface area contributed by atoms with Crippen molar-refractivity contribution in [2.75, 3.05) is 25.1 Å². The average molecular weight is 250 g/mol. The zero-order chi connectivity index (χ0) is 13.0. The first-order valence-electron chi connectivity index (χ1n) is 6.13. The van der Waals surface area contributed by atoms with Gasteiger partial charge in [0.15, 0.2) is 0 Å². The molecular weight excluding hydrogens is 232 g/mol. The van der Waals surface area contributed by atoms with Crippen LogP contribution in [0.4, 0.5) is 5.82 Å². The van der Waals surface area contributed by atoms with Crippen LogP contribution in [0.15, 0.2) is 18.3 Å². The summed E-state index contributed by atoms with van der Waals surface area (Å²) in [5, 5.41) is 3.29. The molecule has 1 N–H and O–H groups in total. The third-order valence-corrected chi connectivity index (χ3v) is 2.94. The normalized spacial score (nSPS) is 22.8. The van der Waals surface area contributed by atoms with Gasteiger partial charge in [0.05, 0.1) is 18.8 Å². The molecule has 0 amide bonds. The van der Waals surface area contributed by atoms with Crippen molar-refractivity contribution < 1.29 is 14.3 Å². The maximum Gasteiger partial charge on any atom is 0.341 e. The van der Waals surface area contributed by atoms with Crippen molar-refractivity contribution in [2.24, 2.45) is 0 Å². The van der Waals surface area contributed by atoms with Crippen molar-refractivity contribution in [1.82, 2.24) is 4.98 Å². The van der Waals surface area contributed by atoms with Gasteiger partial charge in [-0.3, -0.25) is 0 Å². The number of nitrogens with one attached hydrogen (secondary N) is 1. The number of carbonyl (C=O) groups excluding carboxylic acids is 1. The quantitative estimate of drug-likeness (QED) is 0.826. The first-order valence-corrected chi connectivity index (χ1v) is 6.13. The molecule has 0 radical (unpaired) electrons. The van der Waals surface area contributed by atoms with E-state index < -0.39 is 0 Å². The minimum Gasteiger partial charge on any atom is -0.462 e. The summed E-state index contributed by atoms with van der Waals surface area (Å²) in [5.41, 5.74) is 0.294. The van der Waals surface area contributed by atoms with Crippen LogP contribution in [-0.4, -0.2) is 36.3 Å². The molecule has 1 aromatic heterocycles. The monoisotopic (exact) mass is 250 g/mol. The topological polar surface area (TPSA) is 60.5 Å². The van der Waals surface area contributed by atoms with Crippen LogP contribution in [0.25, 0.3) is 0 Å². The number of anilines is 1. The summed E-state index contributed by atoms with van der Waals surface area (Å²) in [6, 6.07) is 3.44. The van der Waals surface area contributed by atoms with E-state index in [2.05, 4.69) is 17.2 Å². The molecule has 5 nitrogen and oxygen atoms in total. The van der Waals surface area contributed by atoms with Gasteiger partial charge in [-0.2, -0.15) is 0 Å². The minimum atomic E-state index is -0.351. The van der Waals surface area contributed by atoms with E-state index >= 15 is 0 Å². The first kappa shape index (κ1) is 12.8. The number of esters is 1. The van der Waals surface area contributed by atoms with Crippen molar-refractivity contribution in [3.05, 3.63) is 23.9 Å². The molecule has 1 atom stereocenters. The Balaban J connectivity index is 2.19. The summed E-state index contributed by atoms with van der Waals surface area (Å²) in [6.07, 6.45) is 2.55. The second kappa shape index (κ2) is 5.35. The van der Waals surface area contributed by atoms with Crippen LogP contribution in [0.5, 0.6) is 0 Å². The lowest BCUT2D eigenvalue weighted by molar-refractivity contribution is 0.0527. The molecule has 0 aromatic carbocycles. The fourth-order valence-electron chi connectivity index (χ4n) is 1.93. The highest BCUT2D eigenvalue weighted by Crippen LogP contribution is 2.24. The van der Waals surface area contributed by atoms with Crippen molar-refractivity contribution in [3.8, 4) is 0 Å². The van der Waals surface area contributed by atoms with Gasteiger partial charge in [0.1, 0.15) is 11.4 Å². The van der Waals surface area contributed by atoms with Gasteiger partial charge in [0, 0.05) is 12.8 Å². The van der Waals surface area contributed by atoms with Gasteiger partial charge >= 0.3 is 5.97 Å². The Morgan fingerprint density at radius 2 is 2.50 bits per heavy atom. The van der Waals surface area contributed by atoms with E-state index in [1.807, 2.05) is 0 Å². The molecule has 98 valence electrons. The molecule has 1 aliphatic rings. The zero-order valence-electron chi connectivity index (χ0n) is 10.7. The number of ether oxygens (including phenoxy) is 2. The molecule has 0 bridgehead atoms. The Morgan fingerprint density at radius 1 is 1.67 bits per heavy atom. The van der Waals surface area contributed by atoms with E-state index in [9.17, 15) is 4.79 Å². The van der Waals surface area contributed by atoms with E-state index in [1.54, 1.807) is 25.3 Å². The number of pyridine rings is 1. The molecule has 5 heteroatoms. The Kier molecular flexibility index (Phi) is 3.81. The molecule has 1 aromatic rings. The number of aromatic nitrogens is 1. The number of carbonyl (C=O) groups is 1. The lowest BCUT2D eigenvalue weighted by Gasteiger charge is -2.25. The van der Waals surface area contributed by atoms with Crippen LogP contribution in [0, 0.1) is 0 Å². The Labute approximate surface area is 107 Å². The van der Waals surface area contributed by atoms with Gasteiger partial charge in [0.2, 0.25) is 0 Å². The van der Waals surface area contributed by atoms with Gasteiger partial charge in [-0.25, -0.2) is 9.78 Å². The summed E-state index contributed by atoms with van der Waals surface area (Å²) in [7, 11) is 0. The predicted molar refractivity (Wildman–Crippen MR) is 67.7 cm³/mol. The Morgan fingerprint density at radius 3 is 3.17 bits per heavy atom. The molecule has 1 unspecified atom stereocenters. The van der Waals surface area contributed by atoms with Crippen LogP contribution in [0.3, 0.4) is 0 Å². The average Bonchev–Trinajstić information content (AvgIpc) is 2.77.